The fraction of sp³-hybridized carbons (Fsp3) is 0. The molecule has 0 aromatic carbocycles. The van der Waals surface area contributed by atoms with Gasteiger partial charge in [-0.25, -0.2) is 4.98 Å². The van der Waals surface area contributed by atoms with Gasteiger partial charge in [-0.15, -0.1) is 11.3 Å². The Bertz CT molecular complexity index is 308. The first-order valence-electron chi connectivity index (χ1n) is 2.83. The van der Waals surface area contributed by atoms with Crippen LogP contribution in [-0.4, -0.2) is 10.8 Å². The third kappa shape index (κ3) is 1.99. The predicted molar refractivity (Wildman–Crippen MR) is 41.2 cm³/mol. The lowest BCUT2D eigenvalue weighted by Crippen LogP contribution is -1.92. The van der Waals surface area contributed by atoms with Gasteiger partial charge >= 0.3 is 0 Å². The highest BCUT2D eigenvalue weighted by Gasteiger charge is 2.01. The molecule has 0 saturated carbocycles. The van der Waals surface area contributed by atoms with Crippen molar-refractivity contribution < 1.29 is 4.79 Å². The standard InChI is InChI=1S/C7H4N2OS/c8-3-1-2-7(10)6-4-11-5-9-6/h1-2,4-5H. The van der Waals surface area contributed by atoms with Crippen LogP contribution in [0.3, 0.4) is 0 Å². The summed E-state index contributed by atoms with van der Waals surface area (Å²) in [5.74, 6) is -0.229. The van der Waals surface area contributed by atoms with Crippen molar-refractivity contribution in [3.05, 3.63) is 28.7 Å². The topological polar surface area (TPSA) is 53.8 Å². The molecule has 0 N–H and O–H groups in total. The van der Waals surface area contributed by atoms with Crippen molar-refractivity contribution in [3.63, 3.8) is 0 Å². The average molecular weight is 164 g/mol. The Kier molecular flexibility index (Phi) is 2.53. The fourth-order valence-electron chi connectivity index (χ4n) is 0.533. The molecule has 0 fully saturated rings. The molecule has 0 aliphatic heterocycles. The van der Waals surface area contributed by atoms with Crippen LogP contribution in [0, 0.1) is 11.3 Å². The Morgan fingerprint density at radius 1 is 1.82 bits per heavy atom. The van der Waals surface area contributed by atoms with Gasteiger partial charge in [-0.05, 0) is 6.08 Å². The second-order valence-corrected chi connectivity index (χ2v) is 2.42. The van der Waals surface area contributed by atoms with Crippen LogP contribution in [0.25, 0.3) is 0 Å². The minimum Gasteiger partial charge on any atom is -0.287 e. The number of nitrogens with zero attached hydrogens (tertiary/aromatic N) is 2. The molecule has 54 valence electrons. The quantitative estimate of drug-likeness (QED) is 0.377. The maximum atomic E-state index is 11.0. The van der Waals surface area contributed by atoms with E-state index >= 15 is 0 Å². The minimum absolute atomic E-state index is 0.229. The molecule has 0 aliphatic rings. The van der Waals surface area contributed by atoms with Gasteiger partial charge in [0.1, 0.15) is 5.69 Å². The molecule has 0 spiro atoms. The molecule has 0 atom stereocenters. The molecule has 4 heteroatoms. The lowest BCUT2D eigenvalue weighted by molar-refractivity contribution is 0.104. The van der Waals surface area contributed by atoms with Crippen LogP contribution in [0.5, 0.6) is 0 Å². The van der Waals surface area contributed by atoms with Gasteiger partial charge in [0, 0.05) is 11.5 Å². The van der Waals surface area contributed by atoms with E-state index in [0.29, 0.717) is 5.69 Å². The second-order valence-electron chi connectivity index (χ2n) is 1.70. The molecule has 1 aromatic heterocycles. The van der Waals surface area contributed by atoms with Crippen molar-refractivity contribution in [2.24, 2.45) is 0 Å². The predicted octanol–water partition coefficient (Wildman–Crippen LogP) is 1.41. The van der Waals surface area contributed by atoms with Crippen LogP contribution in [0.2, 0.25) is 0 Å². The van der Waals surface area contributed by atoms with E-state index in [0.717, 1.165) is 6.08 Å². The SMILES string of the molecule is N#CC=CC(=O)c1cscn1. The summed E-state index contributed by atoms with van der Waals surface area (Å²) in [7, 11) is 0. The highest BCUT2D eigenvalue weighted by Crippen LogP contribution is 2.01. The van der Waals surface area contributed by atoms with Crippen LogP contribution >= 0.6 is 11.3 Å². The van der Waals surface area contributed by atoms with E-state index in [1.54, 1.807) is 17.0 Å². The summed E-state index contributed by atoms with van der Waals surface area (Å²) < 4.78 is 0. The smallest absolute Gasteiger partial charge is 0.205 e. The van der Waals surface area contributed by atoms with Gasteiger partial charge in [-0.3, -0.25) is 4.79 Å². The van der Waals surface area contributed by atoms with Gasteiger partial charge in [0.15, 0.2) is 0 Å². The Hall–Kier alpha value is -1.47. The van der Waals surface area contributed by atoms with E-state index in [-0.39, 0.29) is 5.78 Å². The van der Waals surface area contributed by atoms with Gasteiger partial charge in [-0.2, -0.15) is 5.26 Å². The van der Waals surface area contributed by atoms with Crippen LogP contribution in [-0.2, 0) is 0 Å². The first kappa shape index (κ1) is 7.63. The van der Waals surface area contributed by atoms with E-state index in [9.17, 15) is 4.79 Å². The number of nitriles is 1. The molecule has 0 aliphatic carbocycles. The molecule has 1 aromatic rings. The third-order valence-corrected chi connectivity index (χ3v) is 1.58. The molecule has 11 heavy (non-hydrogen) atoms. The summed E-state index contributed by atoms with van der Waals surface area (Å²) in [6.07, 6.45) is 2.34. The highest BCUT2D eigenvalue weighted by molar-refractivity contribution is 7.07. The molecule has 0 bridgehead atoms. The summed E-state index contributed by atoms with van der Waals surface area (Å²) in [6, 6.07) is 1.73. The molecule has 1 heterocycles. The van der Waals surface area contributed by atoms with Gasteiger partial charge in [0.2, 0.25) is 5.78 Å². The molecule has 1 rings (SSSR count). The van der Waals surface area contributed by atoms with Crippen molar-refractivity contribution >= 4 is 17.1 Å². The number of allylic oxidation sites excluding steroid dienone is 2. The van der Waals surface area contributed by atoms with E-state index in [1.165, 1.54) is 17.4 Å². The number of aromatic nitrogens is 1. The van der Waals surface area contributed by atoms with Gasteiger partial charge in [-0.1, -0.05) is 0 Å². The zero-order valence-corrected chi connectivity index (χ0v) is 6.34. The largest absolute Gasteiger partial charge is 0.287 e. The van der Waals surface area contributed by atoms with Crippen molar-refractivity contribution in [2.45, 2.75) is 0 Å². The molecular formula is C7H4N2OS. The number of hydrogen-bond acceptors (Lipinski definition) is 4. The van der Waals surface area contributed by atoms with Crippen LogP contribution < -0.4 is 0 Å². The van der Waals surface area contributed by atoms with E-state index in [1.807, 2.05) is 0 Å². The summed E-state index contributed by atoms with van der Waals surface area (Å²) in [5, 5.41) is 9.75. The monoisotopic (exact) mass is 164 g/mol. The van der Waals surface area contributed by atoms with Gasteiger partial charge in [0.25, 0.3) is 0 Å². The lowest BCUT2D eigenvalue weighted by Gasteiger charge is -1.82. The Labute approximate surface area is 67.6 Å². The van der Waals surface area contributed by atoms with E-state index < -0.39 is 0 Å². The first-order chi connectivity index (χ1) is 5.34. The lowest BCUT2D eigenvalue weighted by atomic mass is 10.3. The maximum absolute atomic E-state index is 11.0. The number of hydrogen-bond donors (Lipinski definition) is 0. The minimum atomic E-state index is -0.229. The second kappa shape index (κ2) is 3.64. The third-order valence-electron chi connectivity index (χ3n) is 0.994. The fourth-order valence-corrected chi connectivity index (χ4v) is 1.07. The van der Waals surface area contributed by atoms with Crippen molar-refractivity contribution in [2.75, 3.05) is 0 Å². The normalized spacial score (nSPS) is 9.73. The Morgan fingerprint density at radius 2 is 2.64 bits per heavy atom. The molecule has 0 radical (unpaired) electrons. The van der Waals surface area contributed by atoms with Crippen molar-refractivity contribution in [3.8, 4) is 6.07 Å². The Balaban J connectivity index is 2.73. The summed E-state index contributed by atoms with van der Waals surface area (Å²) in [5.41, 5.74) is 1.97. The number of carbonyl (C=O) groups excluding carboxylic acids is 1. The van der Waals surface area contributed by atoms with Crippen LogP contribution in [0.15, 0.2) is 23.0 Å². The Morgan fingerprint density at radius 3 is 3.18 bits per heavy atom. The molecule has 3 nitrogen and oxygen atoms in total. The van der Waals surface area contributed by atoms with Crippen molar-refractivity contribution in [1.29, 1.82) is 5.26 Å². The van der Waals surface area contributed by atoms with Crippen molar-refractivity contribution in [1.82, 2.24) is 4.98 Å². The first-order valence-corrected chi connectivity index (χ1v) is 3.77. The summed E-state index contributed by atoms with van der Waals surface area (Å²) in [6.45, 7) is 0. The molecular weight excluding hydrogens is 160 g/mol. The number of ketones is 1. The molecule has 0 amide bonds. The number of rotatable bonds is 2. The zero-order chi connectivity index (χ0) is 8.10. The zero-order valence-electron chi connectivity index (χ0n) is 5.52. The summed E-state index contributed by atoms with van der Waals surface area (Å²) in [4.78, 5) is 14.7. The van der Waals surface area contributed by atoms with E-state index in [4.69, 9.17) is 5.26 Å². The highest BCUT2D eigenvalue weighted by atomic mass is 32.1. The average Bonchev–Trinajstić information content (AvgIpc) is 2.52. The maximum Gasteiger partial charge on any atom is 0.205 e. The van der Waals surface area contributed by atoms with Gasteiger partial charge < -0.3 is 0 Å². The number of carbonyl (C=O) groups is 1. The van der Waals surface area contributed by atoms with E-state index in [2.05, 4.69) is 4.98 Å². The van der Waals surface area contributed by atoms with Crippen LogP contribution in [0.4, 0.5) is 0 Å². The van der Waals surface area contributed by atoms with Gasteiger partial charge in [0.05, 0.1) is 11.6 Å². The molecule has 0 unspecified atom stereocenters. The summed E-state index contributed by atoms with van der Waals surface area (Å²) >= 11 is 1.35. The molecule has 0 saturated heterocycles. The number of thiazole rings is 1. The van der Waals surface area contributed by atoms with Crippen LogP contribution in [0.1, 0.15) is 10.5 Å².